The number of nitriles is 1. The number of aromatic nitrogens is 3. The Balaban J connectivity index is 2.04. The molecule has 1 aromatic carbocycles. The normalized spacial score (nSPS) is 10.6. The van der Waals surface area contributed by atoms with Gasteiger partial charge < -0.3 is 9.09 Å². The van der Waals surface area contributed by atoms with E-state index in [1.54, 1.807) is 23.9 Å². The molecule has 2 heterocycles. The molecule has 0 aliphatic carbocycles. The average molecular weight is 303 g/mol. The monoisotopic (exact) mass is 302 g/mol. The molecule has 7 heteroatoms. The van der Waals surface area contributed by atoms with E-state index in [9.17, 15) is 4.39 Å². The Labute approximate surface area is 124 Å². The number of hydrogen-bond donors (Lipinski definition) is 0. The van der Waals surface area contributed by atoms with Gasteiger partial charge >= 0.3 is 0 Å². The van der Waals surface area contributed by atoms with E-state index in [0.29, 0.717) is 16.8 Å². The predicted molar refractivity (Wildman–Crippen MR) is 73.8 cm³/mol. The Kier molecular flexibility index (Phi) is 3.20. The molecule has 2 aromatic heterocycles. The largest absolute Gasteiger partial charge is 0.345 e. The zero-order valence-electron chi connectivity index (χ0n) is 10.8. The van der Waals surface area contributed by atoms with E-state index in [1.807, 2.05) is 6.07 Å². The van der Waals surface area contributed by atoms with Crippen molar-refractivity contribution >= 4 is 11.6 Å². The van der Waals surface area contributed by atoms with E-state index in [2.05, 4.69) is 10.1 Å². The Morgan fingerprint density at radius 2 is 2.19 bits per heavy atom. The summed E-state index contributed by atoms with van der Waals surface area (Å²) in [7, 11) is 1.77. The summed E-state index contributed by atoms with van der Waals surface area (Å²) in [5.74, 6) is 0.0812. The lowest BCUT2D eigenvalue weighted by atomic mass is 10.2. The van der Waals surface area contributed by atoms with Crippen molar-refractivity contribution in [2.75, 3.05) is 0 Å². The molecule has 104 valence electrons. The fraction of sp³-hybridized carbons (Fsp3) is 0.0714. The molecule has 0 N–H and O–H groups in total. The highest BCUT2D eigenvalue weighted by Crippen LogP contribution is 2.28. The minimum atomic E-state index is -0.437. The summed E-state index contributed by atoms with van der Waals surface area (Å²) in [6.07, 6.45) is 1.66. The summed E-state index contributed by atoms with van der Waals surface area (Å²) in [4.78, 5) is 4.23. The third-order valence-electron chi connectivity index (χ3n) is 2.95. The standard InChI is InChI=1S/C14H8ClFN4O/c1-20-7-8(6-17)4-12(20)14-18-13(19-21-14)10-3-2-9(16)5-11(10)15/h2-5,7H,1H3. The first-order valence-corrected chi connectivity index (χ1v) is 6.32. The second-order valence-corrected chi connectivity index (χ2v) is 4.79. The van der Waals surface area contributed by atoms with Crippen LogP contribution in [-0.4, -0.2) is 14.7 Å². The van der Waals surface area contributed by atoms with Crippen molar-refractivity contribution in [3.05, 3.63) is 46.9 Å². The molecule has 0 saturated carbocycles. The van der Waals surface area contributed by atoms with Crippen LogP contribution in [0.5, 0.6) is 0 Å². The van der Waals surface area contributed by atoms with Gasteiger partial charge in [0.15, 0.2) is 0 Å². The van der Waals surface area contributed by atoms with Gasteiger partial charge in [-0.25, -0.2) is 4.39 Å². The fourth-order valence-corrected chi connectivity index (χ4v) is 2.20. The van der Waals surface area contributed by atoms with Gasteiger partial charge in [-0.3, -0.25) is 0 Å². The van der Waals surface area contributed by atoms with Crippen LogP contribution in [-0.2, 0) is 7.05 Å². The summed E-state index contributed by atoms with van der Waals surface area (Å²) in [6, 6.07) is 7.62. The van der Waals surface area contributed by atoms with Crippen LogP contribution in [0.3, 0.4) is 0 Å². The zero-order valence-corrected chi connectivity index (χ0v) is 11.6. The van der Waals surface area contributed by atoms with Crippen molar-refractivity contribution in [2.24, 2.45) is 7.05 Å². The van der Waals surface area contributed by atoms with Gasteiger partial charge in [-0.15, -0.1) is 0 Å². The summed E-state index contributed by atoms with van der Waals surface area (Å²) in [5, 5.41) is 12.9. The Morgan fingerprint density at radius 1 is 1.38 bits per heavy atom. The van der Waals surface area contributed by atoms with E-state index in [-0.39, 0.29) is 16.7 Å². The van der Waals surface area contributed by atoms with Gasteiger partial charge in [-0.1, -0.05) is 16.8 Å². The van der Waals surface area contributed by atoms with Crippen molar-refractivity contribution in [1.29, 1.82) is 5.26 Å². The fourth-order valence-electron chi connectivity index (χ4n) is 1.95. The van der Waals surface area contributed by atoms with Gasteiger partial charge in [-0.2, -0.15) is 10.2 Å². The Hall–Kier alpha value is -2.65. The predicted octanol–water partition coefficient (Wildman–Crippen LogP) is 3.41. The molecule has 0 unspecified atom stereocenters. The molecule has 0 saturated heterocycles. The van der Waals surface area contributed by atoms with Crippen LogP contribution >= 0.6 is 11.6 Å². The summed E-state index contributed by atoms with van der Waals surface area (Å²) < 4.78 is 19.9. The molecule has 3 rings (SSSR count). The van der Waals surface area contributed by atoms with Crippen molar-refractivity contribution < 1.29 is 8.91 Å². The number of halogens is 2. The van der Waals surface area contributed by atoms with Crippen molar-refractivity contribution in [3.8, 4) is 29.0 Å². The van der Waals surface area contributed by atoms with Crippen molar-refractivity contribution in [3.63, 3.8) is 0 Å². The summed E-state index contributed by atoms with van der Waals surface area (Å²) >= 11 is 5.97. The van der Waals surface area contributed by atoms with Gasteiger partial charge in [0.25, 0.3) is 5.89 Å². The van der Waals surface area contributed by atoms with Crippen LogP contribution in [0.25, 0.3) is 23.0 Å². The zero-order chi connectivity index (χ0) is 15.0. The molecule has 0 fully saturated rings. The van der Waals surface area contributed by atoms with E-state index >= 15 is 0 Å². The topological polar surface area (TPSA) is 67.6 Å². The first-order valence-electron chi connectivity index (χ1n) is 5.94. The highest BCUT2D eigenvalue weighted by atomic mass is 35.5. The van der Waals surface area contributed by atoms with Gasteiger partial charge in [0.1, 0.15) is 17.6 Å². The lowest BCUT2D eigenvalue weighted by molar-refractivity contribution is 0.429. The smallest absolute Gasteiger partial charge is 0.274 e. The van der Waals surface area contributed by atoms with Crippen molar-refractivity contribution in [1.82, 2.24) is 14.7 Å². The minimum absolute atomic E-state index is 0.201. The average Bonchev–Trinajstić information content (AvgIpc) is 3.05. The summed E-state index contributed by atoms with van der Waals surface area (Å²) in [6.45, 7) is 0. The highest BCUT2D eigenvalue weighted by molar-refractivity contribution is 6.33. The molecular formula is C14H8ClFN4O. The number of benzene rings is 1. The molecule has 0 aliphatic rings. The number of nitrogens with zero attached hydrogens (tertiary/aromatic N) is 4. The Morgan fingerprint density at radius 3 is 2.86 bits per heavy atom. The second-order valence-electron chi connectivity index (χ2n) is 4.38. The number of aryl methyl sites for hydroxylation is 1. The van der Waals surface area contributed by atoms with E-state index in [0.717, 1.165) is 0 Å². The lowest BCUT2D eigenvalue weighted by Gasteiger charge is -1.98. The van der Waals surface area contributed by atoms with Gasteiger partial charge in [0.2, 0.25) is 5.82 Å². The first-order chi connectivity index (χ1) is 10.1. The molecule has 0 atom stereocenters. The van der Waals surface area contributed by atoms with Crippen LogP contribution in [0, 0.1) is 17.1 Å². The maximum absolute atomic E-state index is 13.0. The van der Waals surface area contributed by atoms with Gasteiger partial charge in [0.05, 0.1) is 10.6 Å². The van der Waals surface area contributed by atoms with Crippen molar-refractivity contribution in [2.45, 2.75) is 0 Å². The molecule has 3 aromatic rings. The first kappa shape index (κ1) is 13.3. The van der Waals surface area contributed by atoms with Crippen LogP contribution in [0.15, 0.2) is 35.0 Å². The molecule has 0 radical (unpaired) electrons. The quantitative estimate of drug-likeness (QED) is 0.727. The number of hydrogen-bond acceptors (Lipinski definition) is 4. The molecule has 0 bridgehead atoms. The van der Waals surface area contributed by atoms with E-state index in [1.165, 1.54) is 18.2 Å². The number of rotatable bonds is 2. The third kappa shape index (κ3) is 2.39. The molecule has 5 nitrogen and oxygen atoms in total. The van der Waals surface area contributed by atoms with Crippen LogP contribution in [0.4, 0.5) is 4.39 Å². The molecular weight excluding hydrogens is 295 g/mol. The van der Waals surface area contributed by atoms with Crippen LogP contribution < -0.4 is 0 Å². The van der Waals surface area contributed by atoms with E-state index in [4.69, 9.17) is 21.4 Å². The molecule has 0 spiro atoms. The SMILES string of the molecule is Cn1cc(C#N)cc1-c1nc(-c2ccc(F)cc2Cl)no1. The highest BCUT2D eigenvalue weighted by Gasteiger charge is 2.16. The second kappa shape index (κ2) is 5.04. The lowest BCUT2D eigenvalue weighted by Crippen LogP contribution is -1.89. The molecule has 21 heavy (non-hydrogen) atoms. The maximum atomic E-state index is 13.0. The molecule has 0 aliphatic heterocycles. The van der Waals surface area contributed by atoms with E-state index < -0.39 is 5.82 Å². The van der Waals surface area contributed by atoms with Crippen LogP contribution in [0.2, 0.25) is 5.02 Å². The summed E-state index contributed by atoms with van der Waals surface area (Å²) in [5.41, 5.74) is 1.58. The van der Waals surface area contributed by atoms with Crippen LogP contribution in [0.1, 0.15) is 5.56 Å². The maximum Gasteiger partial charge on any atom is 0.274 e. The van der Waals surface area contributed by atoms with Gasteiger partial charge in [-0.05, 0) is 24.3 Å². The third-order valence-corrected chi connectivity index (χ3v) is 3.26. The Bertz CT molecular complexity index is 862. The molecule has 0 amide bonds. The van der Waals surface area contributed by atoms with Gasteiger partial charge in [0, 0.05) is 18.8 Å². The minimum Gasteiger partial charge on any atom is -0.345 e.